The van der Waals surface area contributed by atoms with Crippen molar-refractivity contribution >= 4 is 13.5 Å². The van der Waals surface area contributed by atoms with Crippen LogP contribution in [0, 0.1) is 0 Å². The third-order valence-corrected chi connectivity index (χ3v) is 2.67. The molecule has 24 heavy (non-hydrogen) atoms. The van der Waals surface area contributed by atoms with Crippen LogP contribution < -0.4 is 4.74 Å². The van der Waals surface area contributed by atoms with Gasteiger partial charge in [-0.15, -0.1) is 0 Å². The van der Waals surface area contributed by atoms with Gasteiger partial charge in [0.25, 0.3) is 0 Å². The van der Waals surface area contributed by atoms with Crippen molar-refractivity contribution in [1.29, 1.82) is 0 Å². The minimum absolute atomic E-state index is 0. The molecular weight excluding hydrogens is 320 g/mol. The van der Waals surface area contributed by atoms with Crippen molar-refractivity contribution < 1.29 is 14.9 Å². The van der Waals surface area contributed by atoms with E-state index in [1.165, 1.54) is 0 Å². The van der Waals surface area contributed by atoms with E-state index in [4.69, 9.17) is 9.84 Å². The molecule has 0 spiro atoms. The molecule has 0 aliphatic carbocycles. The number of ether oxygens (including phenoxy) is 1. The zero-order valence-electron chi connectivity index (χ0n) is 14.4. The average Bonchev–Trinajstić information content (AvgIpc) is 2.64. The summed E-state index contributed by atoms with van der Waals surface area (Å²) in [5.74, 6) is 0.666. The van der Waals surface area contributed by atoms with Gasteiger partial charge in [-0.1, -0.05) is 83.7 Å². The fourth-order valence-corrected chi connectivity index (χ4v) is 1.75. The maximum atomic E-state index is 9.86. The van der Waals surface area contributed by atoms with Gasteiger partial charge >= 0.3 is 0 Å². The third kappa shape index (κ3) is 9.60. The Morgan fingerprint density at radius 2 is 1.25 bits per heavy atom. The second-order valence-corrected chi connectivity index (χ2v) is 4.01. The number of rotatable bonds is 5. The highest BCUT2D eigenvalue weighted by Crippen LogP contribution is 2.24. The SMILES string of the molecule is C.CC.CC.OC[C@@H](O)[C@@H](Oc1ccccc1)c1ccccc1.S. The summed E-state index contributed by atoms with van der Waals surface area (Å²) >= 11 is 0. The average molecular weight is 355 g/mol. The minimum Gasteiger partial charge on any atom is -0.483 e. The molecule has 0 bridgehead atoms. The van der Waals surface area contributed by atoms with Gasteiger partial charge in [0, 0.05) is 0 Å². The van der Waals surface area contributed by atoms with Crippen LogP contribution in [-0.2, 0) is 0 Å². The molecule has 2 aromatic carbocycles. The summed E-state index contributed by atoms with van der Waals surface area (Å²) in [5.41, 5.74) is 0.836. The highest BCUT2D eigenvalue weighted by molar-refractivity contribution is 7.59. The third-order valence-electron chi connectivity index (χ3n) is 2.67. The highest BCUT2D eigenvalue weighted by atomic mass is 32.1. The van der Waals surface area contributed by atoms with E-state index in [1.807, 2.05) is 88.4 Å². The van der Waals surface area contributed by atoms with Gasteiger partial charge in [0.05, 0.1) is 6.61 Å². The molecular formula is C20H34O3S. The van der Waals surface area contributed by atoms with Crippen LogP contribution in [0.5, 0.6) is 5.75 Å². The van der Waals surface area contributed by atoms with E-state index in [-0.39, 0.29) is 27.5 Å². The van der Waals surface area contributed by atoms with E-state index in [2.05, 4.69) is 0 Å². The molecule has 0 heterocycles. The van der Waals surface area contributed by atoms with Crippen LogP contribution >= 0.6 is 13.5 Å². The fourth-order valence-electron chi connectivity index (χ4n) is 1.75. The predicted octanol–water partition coefficient (Wildman–Crippen LogP) is 4.96. The minimum atomic E-state index is -0.951. The molecule has 3 nitrogen and oxygen atoms in total. The molecule has 0 aromatic heterocycles. The van der Waals surface area contributed by atoms with E-state index >= 15 is 0 Å². The van der Waals surface area contributed by atoms with Crippen LogP contribution in [0.2, 0.25) is 0 Å². The van der Waals surface area contributed by atoms with Crippen LogP contribution in [0.15, 0.2) is 60.7 Å². The fraction of sp³-hybridized carbons (Fsp3) is 0.400. The zero-order valence-corrected chi connectivity index (χ0v) is 15.4. The van der Waals surface area contributed by atoms with Crippen molar-refractivity contribution in [1.82, 2.24) is 0 Å². The number of aliphatic hydroxyl groups excluding tert-OH is 2. The van der Waals surface area contributed by atoms with Crippen LogP contribution in [0.4, 0.5) is 0 Å². The Labute approximate surface area is 154 Å². The molecule has 0 unspecified atom stereocenters. The van der Waals surface area contributed by atoms with E-state index < -0.39 is 12.2 Å². The van der Waals surface area contributed by atoms with Gasteiger partial charge in [-0.25, -0.2) is 0 Å². The van der Waals surface area contributed by atoms with Crippen molar-refractivity contribution in [3.8, 4) is 5.75 Å². The van der Waals surface area contributed by atoms with E-state index in [1.54, 1.807) is 0 Å². The largest absolute Gasteiger partial charge is 0.483 e. The van der Waals surface area contributed by atoms with E-state index in [9.17, 15) is 5.11 Å². The summed E-state index contributed by atoms with van der Waals surface area (Å²) in [7, 11) is 0. The standard InChI is InChI=1S/C15H16O3.2C2H6.CH4.H2S/c16-11-14(17)15(12-7-3-1-4-8-12)18-13-9-5-2-6-10-13;2*1-2;;/h1-10,14-17H,11H2;2*1-2H3;1H4;1H2/t14-,15+;;;;/m1..../s1. The number of hydrogen-bond donors (Lipinski definition) is 2. The van der Waals surface area contributed by atoms with Crippen molar-refractivity contribution in [2.75, 3.05) is 6.61 Å². The smallest absolute Gasteiger partial charge is 0.152 e. The van der Waals surface area contributed by atoms with E-state index in [0.29, 0.717) is 5.75 Å². The summed E-state index contributed by atoms with van der Waals surface area (Å²) in [4.78, 5) is 0. The molecule has 0 saturated carbocycles. The highest BCUT2D eigenvalue weighted by Gasteiger charge is 2.22. The molecule has 4 heteroatoms. The molecule has 2 atom stereocenters. The first kappa shape index (κ1) is 27.4. The molecule has 0 fully saturated rings. The van der Waals surface area contributed by atoms with Crippen molar-refractivity contribution in [3.05, 3.63) is 66.2 Å². The lowest BCUT2D eigenvalue weighted by atomic mass is 10.0. The first-order chi connectivity index (χ1) is 10.8. The summed E-state index contributed by atoms with van der Waals surface area (Å²) in [6.07, 6.45) is -1.52. The monoisotopic (exact) mass is 354 g/mol. The second-order valence-electron chi connectivity index (χ2n) is 4.01. The Morgan fingerprint density at radius 1 is 0.833 bits per heavy atom. The Hall–Kier alpha value is -1.49. The Morgan fingerprint density at radius 3 is 1.67 bits per heavy atom. The lowest BCUT2D eigenvalue weighted by Gasteiger charge is -2.23. The van der Waals surface area contributed by atoms with Crippen LogP contribution in [-0.4, -0.2) is 22.9 Å². The molecule has 0 amide bonds. The predicted molar refractivity (Wildman–Crippen MR) is 109 cm³/mol. The van der Waals surface area contributed by atoms with Gasteiger partial charge in [0.15, 0.2) is 6.10 Å². The first-order valence-electron chi connectivity index (χ1n) is 7.87. The lowest BCUT2D eigenvalue weighted by Crippen LogP contribution is -2.27. The van der Waals surface area contributed by atoms with Gasteiger partial charge in [0.2, 0.25) is 0 Å². The molecule has 2 N–H and O–H groups in total. The molecule has 0 aliphatic rings. The van der Waals surface area contributed by atoms with Gasteiger partial charge in [-0.2, -0.15) is 13.5 Å². The van der Waals surface area contributed by atoms with Crippen molar-refractivity contribution in [2.45, 2.75) is 47.3 Å². The number of aliphatic hydroxyl groups is 2. The molecule has 2 rings (SSSR count). The number of benzene rings is 2. The van der Waals surface area contributed by atoms with Crippen molar-refractivity contribution in [2.24, 2.45) is 0 Å². The Balaban J connectivity index is -0.000000684. The summed E-state index contributed by atoms with van der Waals surface area (Å²) < 4.78 is 5.74. The maximum absolute atomic E-state index is 9.86. The van der Waals surface area contributed by atoms with Crippen molar-refractivity contribution in [3.63, 3.8) is 0 Å². The van der Waals surface area contributed by atoms with Crippen LogP contribution in [0.25, 0.3) is 0 Å². The van der Waals surface area contributed by atoms with E-state index in [0.717, 1.165) is 5.56 Å². The second kappa shape index (κ2) is 17.9. The quantitative estimate of drug-likeness (QED) is 0.798. The Kier molecular flexibility index (Phi) is 20.4. The van der Waals surface area contributed by atoms with Gasteiger partial charge in [0.1, 0.15) is 11.9 Å². The first-order valence-corrected chi connectivity index (χ1v) is 7.87. The van der Waals surface area contributed by atoms with Gasteiger partial charge in [-0.05, 0) is 17.7 Å². The Bertz CT molecular complexity index is 463. The zero-order chi connectivity index (χ0) is 16.8. The molecule has 2 aromatic rings. The number of hydrogen-bond acceptors (Lipinski definition) is 3. The lowest BCUT2D eigenvalue weighted by molar-refractivity contribution is -0.00189. The molecule has 0 radical (unpaired) electrons. The molecule has 0 saturated heterocycles. The maximum Gasteiger partial charge on any atom is 0.152 e. The molecule has 138 valence electrons. The van der Waals surface area contributed by atoms with Gasteiger partial charge in [-0.3, -0.25) is 0 Å². The molecule has 0 aliphatic heterocycles. The van der Waals surface area contributed by atoms with Gasteiger partial charge < -0.3 is 14.9 Å². The normalized spacial score (nSPS) is 10.9. The number of para-hydroxylation sites is 1. The summed E-state index contributed by atoms with van der Waals surface area (Å²) in [6, 6.07) is 18.6. The van der Waals surface area contributed by atoms with Crippen LogP contribution in [0.1, 0.15) is 46.8 Å². The summed E-state index contributed by atoms with van der Waals surface area (Å²) in [6.45, 7) is 7.66. The topological polar surface area (TPSA) is 49.7 Å². The summed E-state index contributed by atoms with van der Waals surface area (Å²) in [5, 5.41) is 19.0. The van der Waals surface area contributed by atoms with Crippen LogP contribution in [0.3, 0.4) is 0 Å².